The van der Waals surface area contributed by atoms with Crippen LogP contribution in [0.2, 0.25) is 0 Å². The van der Waals surface area contributed by atoms with Gasteiger partial charge < -0.3 is 4.74 Å². The summed E-state index contributed by atoms with van der Waals surface area (Å²) in [5.74, 6) is -0.732. The lowest BCUT2D eigenvalue weighted by molar-refractivity contribution is -0.142. The van der Waals surface area contributed by atoms with Crippen LogP contribution in [0.4, 0.5) is 13.2 Å². The molecule has 0 atom stereocenters. The summed E-state index contributed by atoms with van der Waals surface area (Å²) < 4.78 is 68.2. The molecule has 0 bridgehead atoms. The Hall–Kier alpha value is -1.61. The Balaban J connectivity index is 3.32. The van der Waals surface area contributed by atoms with E-state index in [0.717, 1.165) is 19.2 Å². The molecule has 0 radical (unpaired) electrons. The van der Waals surface area contributed by atoms with E-state index in [9.17, 15) is 26.4 Å². The molecule has 1 N–H and O–H groups in total. The molecular formula is C12H14F3NO4S. The number of halogens is 3. The molecule has 0 aliphatic rings. The number of alkyl halides is 3. The molecule has 0 saturated carbocycles. The van der Waals surface area contributed by atoms with E-state index < -0.39 is 39.0 Å². The van der Waals surface area contributed by atoms with Crippen LogP contribution in [0.5, 0.6) is 0 Å². The maximum Gasteiger partial charge on any atom is 0.416 e. The van der Waals surface area contributed by atoms with Crippen molar-refractivity contribution in [2.24, 2.45) is 0 Å². The van der Waals surface area contributed by atoms with Crippen molar-refractivity contribution in [1.82, 2.24) is 4.72 Å². The number of sulfonamides is 1. The highest BCUT2D eigenvalue weighted by molar-refractivity contribution is 7.89. The van der Waals surface area contributed by atoms with Crippen LogP contribution in [0.1, 0.15) is 18.1 Å². The van der Waals surface area contributed by atoms with E-state index in [2.05, 4.69) is 4.74 Å². The standard InChI is InChI=1S/C12H14F3NO4S/c1-3-20-11(17)6-8-4-9(12(13,14)15)7-10(5-8)21(18,19)16-2/h4-5,7,16H,3,6H2,1-2H3. The monoisotopic (exact) mass is 325 g/mol. The third kappa shape index (κ3) is 4.71. The second-order valence-corrected chi connectivity index (χ2v) is 5.94. The quantitative estimate of drug-likeness (QED) is 0.837. The smallest absolute Gasteiger partial charge is 0.416 e. The van der Waals surface area contributed by atoms with E-state index in [1.807, 2.05) is 4.72 Å². The molecule has 1 aromatic carbocycles. The maximum atomic E-state index is 12.8. The minimum atomic E-state index is -4.72. The first kappa shape index (κ1) is 17.4. The fourth-order valence-electron chi connectivity index (χ4n) is 1.58. The highest BCUT2D eigenvalue weighted by Crippen LogP contribution is 2.31. The van der Waals surface area contributed by atoms with Gasteiger partial charge in [-0.25, -0.2) is 13.1 Å². The van der Waals surface area contributed by atoms with E-state index in [1.165, 1.54) is 0 Å². The minimum absolute atomic E-state index is 0.0828. The summed E-state index contributed by atoms with van der Waals surface area (Å²) in [4.78, 5) is 10.8. The van der Waals surface area contributed by atoms with Crippen LogP contribution >= 0.6 is 0 Å². The Labute approximate surface area is 120 Å². The van der Waals surface area contributed by atoms with Gasteiger partial charge in [0.25, 0.3) is 0 Å². The van der Waals surface area contributed by atoms with Crippen LogP contribution in [-0.4, -0.2) is 28.0 Å². The highest BCUT2D eigenvalue weighted by atomic mass is 32.2. The Morgan fingerprint density at radius 3 is 2.38 bits per heavy atom. The number of carbonyl (C=O) groups excluding carboxylic acids is 1. The van der Waals surface area contributed by atoms with Gasteiger partial charge in [0.2, 0.25) is 10.0 Å². The van der Waals surface area contributed by atoms with Crippen molar-refractivity contribution in [3.05, 3.63) is 29.3 Å². The molecule has 21 heavy (non-hydrogen) atoms. The molecule has 9 heteroatoms. The molecule has 1 aromatic rings. The van der Waals surface area contributed by atoms with Gasteiger partial charge in [0.15, 0.2) is 0 Å². The lowest BCUT2D eigenvalue weighted by Crippen LogP contribution is -2.20. The number of carbonyl (C=O) groups is 1. The predicted octanol–water partition coefficient (Wildman–Crippen LogP) is 1.72. The number of hydrogen-bond acceptors (Lipinski definition) is 4. The van der Waals surface area contributed by atoms with Crippen LogP contribution in [0.15, 0.2) is 23.1 Å². The zero-order chi connectivity index (χ0) is 16.3. The summed E-state index contributed by atoms with van der Waals surface area (Å²) in [6, 6.07) is 2.25. The SMILES string of the molecule is CCOC(=O)Cc1cc(C(F)(F)F)cc(S(=O)(=O)NC)c1. The van der Waals surface area contributed by atoms with Crippen molar-refractivity contribution in [3.63, 3.8) is 0 Å². The van der Waals surface area contributed by atoms with Gasteiger partial charge in [-0.3, -0.25) is 4.79 Å². The van der Waals surface area contributed by atoms with Crippen LogP contribution < -0.4 is 4.72 Å². The van der Waals surface area contributed by atoms with Crippen molar-refractivity contribution in [3.8, 4) is 0 Å². The zero-order valence-corrected chi connectivity index (χ0v) is 12.1. The van der Waals surface area contributed by atoms with Crippen LogP contribution in [-0.2, 0) is 32.2 Å². The van der Waals surface area contributed by atoms with Gasteiger partial charge in [0, 0.05) is 0 Å². The highest BCUT2D eigenvalue weighted by Gasteiger charge is 2.32. The lowest BCUT2D eigenvalue weighted by atomic mass is 10.1. The molecule has 0 spiro atoms. The van der Waals surface area contributed by atoms with Crippen molar-refractivity contribution in [2.45, 2.75) is 24.4 Å². The Morgan fingerprint density at radius 1 is 1.29 bits per heavy atom. The average Bonchev–Trinajstić information content (AvgIpc) is 2.37. The lowest BCUT2D eigenvalue weighted by Gasteiger charge is -2.12. The van der Waals surface area contributed by atoms with Gasteiger partial charge in [-0.1, -0.05) is 0 Å². The number of rotatable bonds is 5. The van der Waals surface area contributed by atoms with E-state index >= 15 is 0 Å². The van der Waals surface area contributed by atoms with Crippen LogP contribution in [0.3, 0.4) is 0 Å². The number of benzene rings is 1. The van der Waals surface area contributed by atoms with Crippen molar-refractivity contribution < 1.29 is 31.1 Å². The third-order valence-corrected chi connectivity index (χ3v) is 3.92. The topological polar surface area (TPSA) is 72.5 Å². The number of ether oxygens (including phenoxy) is 1. The van der Waals surface area contributed by atoms with Gasteiger partial charge >= 0.3 is 12.1 Å². The number of nitrogens with one attached hydrogen (secondary N) is 1. The van der Waals surface area contributed by atoms with E-state index in [0.29, 0.717) is 6.07 Å². The van der Waals surface area contributed by atoms with Gasteiger partial charge in [-0.15, -0.1) is 0 Å². The van der Waals surface area contributed by atoms with Gasteiger partial charge in [0.05, 0.1) is 23.5 Å². The van der Waals surface area contributed by atoms with Gasteiger partial charge in [-0.2, -0.15) is 13.2 Å². The molecule has 0 fully saturated rings. The van der Waals surface area contributed by atoms with Crippen molar-refractivity contribution in [1.29, 1.82) is 0 Å². The first-order valence-electron chi connectivity index (χ1n) is 5.90. The first-order valence-corrected chi connectivity index (χ1v) is 7.38. The minimum Gasteiger partial charge on any atom is -0.466 e. The summed E-state index contributed by atoms with van der Waals surface area (Å²) in [5, 5.41) is 0. The van der Waals surface area contributed by atoms with Gasteiger partial charge in [-0.05, 0) is 37.7 Å². The zero-order valence-electron chi connectivity index (χ0n) is 11.3. The van der Waals surface area contributed by atoms with E-state index in [4.69, 9.17) is 0 Å². The molecular weight excluding hydrogens is 311 g/mol. The summed E-state index contributed by atoms with van der Waals surface area (Å²) >= 11 is 0. The Morgan fingerprint density at radius 2 is 1.90 bits per heavy atom. The normalized spacial score (nSPS) is 12.2. The molecule has 1 rings (SSSR count). The maximum absolute atomic E-state index is 12.8. The van der Waals surface area contributed by atoms with Crippen molar-refractivity contribution >= 4 is 16.0 Å². The largest absolute Gasteiger partial charge is 0.466 e. The summed E-state index contributed by atoms with van der Waals surface area (Å²) in [6.45, 7) is 1.64. The second-order valence-electron chi connectivity index (χ2n) is 4.05. The van der Waals surface area contributed by atoms with Crippen molar-refractivity contribution in [2.75, 3.05) is 13.7 Å². The molecule has 0 heterocycles. The van der Waals surface area contributed by atoms with Gasteiger partial charge in [0.1, 0.15) is 0 Å². The fraction of sp³-hybridized carbons (Fsp3) is 0.417. The van der Waals surface area contributed by atoms with E-state index in [1.54, 1.807) is 6.92 Å². The third-order valence-electron chi connectivity index (χ3n) is 2.53. The average molecular weight is 325 g/mol. The molecule has 0 unspecified atom stereocenters. The Kier molecular flexibility index (Phi) is 5.35. The second kappa shape index (κ2) is 6.44. The molecule has 5 nitrogen and oxygen atoms in total. The molecule has 118 valence electrons. The van der Waals surface area contributed by atoms with Crippen LogP contribution in [0.25, 0.3) is 0 Å². The number of esters is 1. The molecule has 0 saturated heterocycles. The molecule has 0 aromatic heterocycles. The van der Waals surface area contributed by atoms with E-state index in [-0.39, 0.29) is 12.2 Å². The number of hydrogen-bond donors (Lipinski definition) is 1. The molecule has 0 amide bonds. The molecule has 0 aliphatic carbocycles. The van der Waals surface area contributed by atoms with Crippen LogP contribution in [0, 0.1) is 0 Å². The summed E-state index contributed by atoms with van der Waals surface area (Å²) in [5.41, 5.74) is -1.23. The summed E-state index contributed by atoms with van der Waals surface area (Å²) in [7, 11) is -2.97. The Bertz CT molecular complexity index is 626. The first-order chi connectivity index (χ1) is 9.60. The summed E-state index contributed by atoms with van der Waals surface area (Å²) in [6.07, 6.45) is -5.16. The molecule has 0 aliphatic heterocycles. The fourth-order valence-corrected chi connectivity index (χ4v) is 2.40. The predicted molar refractivity (Wildman–Crippen MR) is 68.0 cm³/mol.